The van der Waals surface area contributed by atoms with Crippen LogP contribution in [0.4, 0.5) is 11.5 Å². The van der Waals surface area contributed by atoms with Crippen molar-refractivity contribution >= 4 is 28.2 Å². The molecule has 1 aliphatic heterocycles. The van der Waals surface area contributed by atoms with E-state index >= 15 is 0 Å². The number of fused-ring (bicyclic) bond motifs is 3. The molecule has 0 N–H and O–H groups in total. The Hall–Kier alpha value is -3.15. The van der Waals surface area contributed by atoms with Gasteiger partial charge in [-0.1, -0.05) is 29.8 Å². The summed E-state index contributed by atoms with van der Waals surface area (Å²) in [6, 6.07) is 14.9. The minimum Gasteiger partial charge on any atom is -0.368 e. The van der Waals surface area contributed by atoms with Crippen LogP contribution in [0.25, 0.3) is 16.7 Å². The molecule has 1 fully saturated rings. The summed E-state index contributed by atoms with van der Waals surface area (Å²) in [6.45, 7) is 10.1. The third kappa shape index (κ3) is 2.68. The zero-order chi connectivity index (χ0) is 19.3. The number of aromatic nitrogens is 4. The Morgan fingerprint density at radius 3 is 2.36 bits per heavy atom. The topological polar surface area (TPSA) is 49.6 Å². The summed E-state index contributed by atoms with van der Waals surface area (Å²) in [4.78, 5) is 9.77. The molecule has 0 unspecified atom stereocenters. The molecule has 1 saturated heterocycles. The maximum absolute atomic E-state index is 4.95. The van der Waals surface area contributed by atoms with Gasteiger partial charge in [-0.15, -0.1) is 10.2 Å². The second kappa shape index (κ2) is 6.48. The first kappa shape index (κ1) is 17.0. The highest BCUT2D eigenvalue weighted by molar-refractivity contribution is 5.83. The molecule has 0 saturated carbocycles. The van der Waals surface area contributed by atoms with Gasteiger partial charge in [0, 0.05) is 31.9 Å². The van der Waals surface area contributed by atoms with Crippen molar-refractivity contribution in [1.29, 1.82) is 0 Å². The lowest BCUT2D eigenvalue weighted by Crippen LogP contribution is -2.47. The summed E-state index contributed by atoms with van der Waals surface area (Å²) in [5.41, 5.74) is 6.86. The van der Waals surface area contributed by atoms with Crippen molar-refractivity contribution in [3.63, 3.8) is 0 Å². The van der Waals surface area contributed by atoms with Crippen LogP contribution in [0.3, 0.4) is 0 Å². The molecule has 5 rings (SSSR count). The molecule has 0 spiro atoms. The number of aryl methyl sites for hydroxylation is 3. The molecule has 0 atom stereocenters. The third-order valence-corrected chi connectivity index (χ3v) is 5.65. The van der Waals surface area contributed by atoms with Gasteiger partial charge < -0.3 is 9.80 Å². The number of rotatable bonds is 2. The number of nitrogens with zero attached hydrogens (tertiary/aromatic N) is 6. The molecule has 4 aromatic rings. The minimum absolute atomic E-state index is 0.844. The van der Waals surface area contributed by atoms with E-state index in [1.165, 1.54) is 16.8 Å². The van der Waals surface area contributed by atoms with Crippen LogP contribution in [0.1, 0.15) is 17.0 Å². The van der Waals surface area contributed by atoms with E-state index in [0.717, 1.165) is 54.5 Å². The molecule has 0 amide bonds. The highest BCUT2D eigenvalue weighted by Gasteiger charge is 2.23. The molecule has 142 valence electrons. The van der Waals surface area contributed by atoms with Gasteiger partial charge >= 0.3 is 0 Å². The Labute approximate surface area is 164 Å². The fourth-order valence-corrected chi connectivity index (χ4v) is 4.24. The van der Waals surface area contributed by atoms with Crippen LogP contribution in [0, 0.1) is 20.8 Å². The van der Waals surface area contributed by atoms with Crippen LogP contribution in [-0.2, 0) is 0 Å². The van der Waals surface area contributed by atoms with E-state index in [9.17, 15) is 0 Å². The molecule has 2 aromatic heterocycles. The van der Waals surface area contributed by atoms with E-state index in [-0.39, 0.29) is 0 Å². The van der Waals surface area contributed by atoms with E-state index in [4.69, 9.17) is 4.98 Å². The Morgan fingerprint density at radius 1 is 0.821 bits per heavy atom. The van der Waals surface area contributed by atoms with Crippen molar-refractivity contribution in [1.82, 2.24) is 19.6 Å². The molecule has 3 heterocycles. The zero-order valence-electron chi connectivity index (χ0n) is 16.6. The lowest BCUT2D eigenvalue weighted by molar-refractivity contribution is 0.647. The number of hydrogen-bond donors (Lipinski definition) is 0. The number of para-hydroxylation sites is 2. The second-order valence-corrected chi connectivity index (χ2v) is 7.59. The fraction of sp³-hybridized carbons (Fsp3) is 0.318. The zero-order valence-corrected chi connectivity index (χ0v) is 16.6. The normalized spacial score (nSPS) is 15.0. The average Bonchev–Trinajstić information content (AvgIpc) is 3.10. The summed E-state index contributed by atoms with van der Waals surface area (Å²) in [5, 5.41) is 8.76. The predicted octanol–water partition coefficient (Wildman–Crippen LogP) is 3.53. The van der Waals surface area contributed by atoms with Crippen molar-refractivity contribution in [2.45, 2.75) is 20.8 Å². The van der Waals surface area contributed by atoms with Gasteiger partial charge in [0.2, 0.25) is 5.65 Å². The first-order valence-electron chi connectivity index (χ1n) is 9.79. The lowest BCUT2D eigenvalue weighted by Gasteiger charge is -2.37. The summed E-state index contributed by atoms with van der Waals surface area (Å²) in [5.74, 6) is 1.82. The van der Waals surface area contributed by atoms with Gasteiger partial charge in [0.1, 0.15) is 5.82 Å². The minimum atomic E-state index is 0.844. The summed E-state index contributed by atoms with van der Waals surface area (Å²) in [7, 11) is 0. The van der Waals surface area contributed by atoms with Gasteiger partial charge in [0.25, 0.3) is 0 Å². The number of anilines is 2. The molecule has 0 aliphatic carbocycles. The largest absolute Gasteiger partial charge is 0.368 e. The Morgan fingerprint density at radius 2 is 1.57 bits per heavy atom. The highest BCUT2D eigenvalue weighted by atomic mass is 15.3. The second-order valence-electron chi connectivity index (χ2n) is 7.59. The molecule has 0 bridgehead atoms. The average molecular weight is 372 g/mol. The molecule has 2 aromatic carbocycles. The van der Waals surface area contributed by atoms with E-state index in [2.05, 4.69) is 68.6 Å². The first-order valence-corrected chi connectivity index (χ1v) is 9.79. The van der Waals surface area contributed by atoms with Crippen molar-refractivity contribution in [2.75, 3.05) is 36.0 Å². The van der Waals surface area contributed by atoms with Crippen LogP contribution >= 0.6 is 0 Å². The first-order chi connectivity index (χ1) is 13.6. The Kier molecular flexibility index (Phi) is 3.93. The molecule has 28 heavy (non-hydrogen) atoms. The molecule has 0 radical (unpaired) electrons. The van der Waals surface area contributed by atoms with E-state index < -0.39 is 0 Å². The third-order valence-electron chi connectivity index (χ3n) is 5.65. The number of benzene rings is 2. The molecule has 6 heteroatoms. The molecular formula is C22H24N6. The van der Waals surface area contributed by atoms with Gasteiger partial charge in [0.05, 0.1) is 11.0 Å². The Bertz CT molecular complexity index is 1170. The van der Waals surface area contributed by atoms with Crippen LogP contribution < -0.4 is 9.80 Å². The summed E-state index contributed by atoms with van der Waals surface area (Å²) < 4.78 is 2.12. The van der Waals surface area contributed by atoms with Gasteiger partial charge in [-0.2, -0.15) is 0 Å². The molecular weight excluding hydrogens is 348 g/mol. The molecule has 1 aliphatic rings. The SMILES string of the molecule is Cc1ccc(N2CCN(c3nc4ccccc4n4c(C)nnc34)CC2)c(C)c1. The number of piperazine rings is 1. The summed E-state index contributed by atoms with van der Waals surface area (Å²) in [6.07, 6.45) is 0. The molecule has 6 nitrogen and oxygen atoms in total. The standard InChI is InChI=1S/C22H24N6/c1-15-8-9-19(16(2)14-15)26-10-12-27(13-11-26)21-22-25-24-17(3)28(22)20-7-5-4-6-18(20)23-21/h4-9,14H,10-13H2,1-3H3. The van der Waals surface area contributed by atoms with Gasteiger partial charge in [-0.3, -0.25) is 4.40 Å². The van der Waals surface area contributed by atoms with Crippen LogP contribution in [0.5, 0.6) is 0 Å². The quantitative estimate of drug-likeness (QED) is 0.539. The van der Waals surface area contributed by atoms with Crippen LogP contribution in [-0.4, -0.2) is 45.8 Å². The van der Waals surface area contributed by atoms with Crippen molar-refractivity contribution in [3.05, 3.63) is 59.4 Å². The predicted molar refractivity (Wildman–Crippen MR) is 113 cm³/mol. The maximum atomic E-state index is 4.95. The fourth-order valence-electron chi connectivity index (χ4n) is 4.24. The van der Waals surface area contributed by atoms with Crippen LogP contribution in [0.15, 0.2) is 42.5 Å². The van der Waals surface area contributed by atoms with Gasteiger partial charge in [-0.25, -0.2) is 4.98 Å². The van der Waals surface area contributed by atoms with E-state index in [1.807, 2.05) is 19.1 Å². The van der Waals surface area contributed by atoms with Crippen molar-refractivity contribution < 1.29 is 0 Å². The summed E-state index contributed by atoms with van der Waals surface area (Å²) >= 11 is 0. The van der Waals surface area contributed by atoms with Crippen molar-refractivity contribution in [2.24, 2.45) is 0 Å². The highest BCUT2D eigenvalue weighted by Crippen LogP contribution is 2.27. The van der Waals surface area contributed by atoms with Gasteiger partial charge in [-0.05, 0) is 44.5 Å². The van der Waals surface area contributed by atoms with Crippen molar-refractivity contribution in [3.8, 4) is 0 Å². The maximum Gasteiger partial charge on any atom is 0.204 e. The number of hydrogen-bond acceptors (Lipinski definition) is 5. The van der Waals surface area contributed by atoms with E-state index in [1.54, 1.807) is 0 Å². The monoisotopic (exact) mass is 372 g/mol. The Balaban J connectivity index is 1.48. The van der Waals surface area contributed by atoms with Gasteiger partial charge in [0.15, 0.2) is 5.82 Å². The van der Waals surface area contributed by atoms with Crippen LogP contribution in [0.2, 0.25) is 0 Å². The van der Waals surface area contributed by atoms with E-state index in [0.29, 0.717) is 0 Å². The lowest BCUT2D eigenvalue weighted by atomic mass is 10.1. The smallest absolute Gasteiger partial charge is 0.204 e.